The van der Waals surface area contributed by atoms with Crippen LogP contribution in [0.15, 0.2) is 32.5 Å². The van der Waals surface area contributed by atoms with Gasteiger partial charge in [0.1, 0.15) is 17.9 Å². The Morgan fingerprint density at radius 2 is 2.35 bits per heavy atom. The summed E-state index contributed by atoms with van der Waals surface area (Å²) in [6.45, 7) is 1.60. The highest BCUT2D eigenvalue weighted by Crippen LogP contribution is 2.33. The van der Waals surface area contributed by atoms with Gasteiger partial charge < -0.3 is 14.7 Å². The molecule has 20 heavy (non-hydrogen) atoms. The Hall–Kier alpha value is -2.22. The van der Waals surface area contributed by atoms with Gasteiger partial charge in [0.25, 0.3) is 0 Å². The van der Waals surface area contributed by atoms with Crippen LogP contribution in [0.1, 0.15) is 5.56 Å². The van der Waals surface area contributed by atoms with E-state index in [4.69, 9.17) is 4.52 Å². The lowest BCUT2D eigenvalue weighted by atomic mass is 10.2. The van der Waals surface area contributed by atoms with Gasteiger partial charge >= 0.3 is 0 Å². The third kappa shape index (κ3) is 1.80. The van der Waals surface area contributed by atoms with E-state index < -0.39 is 0 Å². The van der Waals surface area contributed by atoms with Crippen LogP contribution in [-0.2, 0) is 0 Å². The van der Waals surface area contributed by atoms with Crippen molar-refractivity contribution in [1.29, 1.82) is 0 Å². The average Bonchev–Trinajstić information content (AvgIpc) is 3.10. The minimum Gasteiger partial charge on any atom is -0.363 e. The van der Waals surface area contributed by atoms with Crippen LogP contribution in [0, 0.1) is 0 Å². The maximum Gasteiger partial charge on any atom is 0.230 e. The number of nitrogens with zero attached hydrogens (tertiary/aromatic N) is 5. The quantitative estimate of drug-likeness (QED) is 0.907. The molecule has 0 atom stereocenters. The van der Waals surface area contributed by atoms with Crippen LogP contribution in [-0.4, -0.2) is 34.0 Å². The van der Waals surface area contributed by atoms with Gasteiger partial charge in [-0.05, 0) is 22.0 Å². The van der Waals surface area contributed by atoms with Crippen molar-refractivity contribution in [3.05, 3.63) is 28.6 Å². The summed E-state index contributed by atoms with van der Waals surface area (Å²) in [6, 6.07) is 1.71. The molecule has 0 aliphatic carbocycles. The van der Waals surface area contributed by atoms with Gasteiger partial charge in [0.15, 0.2) is 5.82 Å². The maximum atomic E-state index is 4.77. The summed E-state index contributed by atoms with van der Waals surface area (Å²) in [5, 5.41) is 6.78. The SMILES string of the molecule is BrC1=Cc2cnc(Nc3ccon3)nc2N2CCN=C12. The average molecular weight is 333 g/mol. The van der Waals surface area contributed by atoms with Gasteiger partial charge in [0.2, 0.25) is 5.95 Å². The van der Waals surface area contributed by atoms with Gasteiger partial charge in [-0.3, -0.25) is 4.99 Å². The zero-order valence-corrected chi connectivity index (χ0v) is 11.8. The van der Waals surface area contributed by atoms with Crippen molar-refractivity contribution in [1.82, 2.24) is 15.1 Å². The van der Waals surface area contributed by atoms with Crippen molar-refractivity contribution in [3.63, 3.8) is 0 Å². The molecule has 0 unspecified atom stereocenters. The van der Waals surface area contributed by atoms with Crippen molar-refractivity contribution in [2.75, 3.05) is 23.3 Å². The van der Waals surface area contributed by atoms with E-state index in [1.165, 1.54) is 6.26 Å². The second kappa shape index (κ2) is 4.41. The fourth-order valence-corrected chi connectivity index (χ4v) is 2.80. The van der Waals surface area contributed by atoms with Crippen LogP contribution in [0.25, 0.3) is 6.08 Å². The molecule has 0 bridgehead atoms. The van der Waals surface area contributed by atoms with Crippen LogP contribution in [0.4, 0.5) is 17.6 Å². The Bertz CT molecular complexity index is 724. The molecular weight excluding hydrogens is 324 g/mol. The van der Waals surface area contributed by atoms with Crippen LogP contribution < -0.4 is 10.2 Å². The first-order valence-electron chi connectivity index (χ1n) is 6.05. The van der Waals surface area contributed by atoms with Crippen LogP contribution in [0.5, 0.6) is 0 Å². The predicted octanol–water partition coefficient (Wildman–Crippen LogP) is 2.18. The molecule has 2 aliphatic heterocycles. The van der Waals surface area contributed by atoms with Crippen molar-refractivity contribution in [2.24, 2.45) is 4.99 Å². The molecule has 2 aliphatic rings. The van der Waals surface area contributed by atoms with Gasteiger partial charge in [-0.1, -0.05) is 5.16 Å². The first kappa shape index (κ1) is 11.6. The molecule has 2 aromatic rings. The molecule has 0 amide bonds. The lowest BCUT2D eigenvalue weighted by Gasteiger charge is -2.25. The standard InChI is InChI=1S/C12H9BrN6O/c13-8-5-7-6-15-12(16-9-1-4-20-18-9)17-10(7)19-3-2-14-11(8)19/h1,4-6H,2-3H2,(H,15,16,17,18). The molecule has 0 radical (unpaired) electrons. The summed E-state index contributed by atoms with van der Waals surface area (Å²) >= 11 is 3.53. The second-order valence-electron chi connectivity index (χ2n) is 4.33. The van der Waals surface area contributed by atoms with E-state index in [1.807, 2.05) is 6.08 Å². The Kier molecular flexibility index (Phi) is 2.56. The second-order valence-corrected chi connectivity index (χ2v) is 5.19. The number of nitrogens with one attached hydrogen (secondary N) is 1. The molecule has 0 fully saturated rings. The molecule has 2 aromatic heterocycles. The van der Waals surface area contributed by atoms with Gasteiger partial charge in [0, 0.05) is 24.4 Å². The molecular formula is C12H9BrN6O. The van der Waals surface area contributed by atoms with Crippen molar-refractivity contribution >= 4 is 45.4 Å². The highest BCUT2D eigenvalue weighted by atomic mass is 79.9. The molecule has 0 aromatic carbocycles. The molecule has 0 saturated heterocycles. The molecule has 8 heteroatoms. The molecule has 100 valence electrons. The molecule has 4 heterocycles. The van der Waals surface area contributed by atoms with E-state index in [2.05, 4.69) is 46.3 Å². The van der Waals surface area contributed by atoms with E-state index in [0.717, 1.165) is 34.8 Å². The van der Waals surface area contributed by atoms with Crippen molar-refractivity contribution < 1.29 is 4.52 Å². The predicted molar refractivity (Wildman–Crippen MR) is 78.4 cm³/mol. The monoisotopic (exact) mass is 332 g/mol. The van der Waals surface area contributed by atoms with Crippen LogP contribution in [0.3, 0.4) is 0 Å². The van der Waals surface area contributed by atoms with Gasteiger partial charge in [-0.2, -0.15) is 4.98 Å². The largest absolute Gasteiger partial charge is 0.363 e. The molecule has 7 nitrogen and oxygen atoms in total. The molecule has 0 spiro atoms. The fraction of sp³-hybridized carbons (Fsp3) is 0.167. The van der Waals surface area contributed by atoms with E-state index in [-0.39, 0.29) is 0 Å². The number of rotatable bonds is 2. The minimum atomic E-state index is 0.482. The number of hydrogen-bond acceptors (Lipinski definition) is 7. The van der Waals surface area contributed by atoms with E-state index >= 15 is 0 Å². The minimum absolute atomic E-state index is 0.482. The van der Waals surface area contributed by atoms with Crippen molar-refractivity contribution in [3.8, 4) is 0 Å². The number of aliphatic imine (C=N–C) groups is 1. The fourth-order valence-electron chi connectivity index (χ4n) is 2.21. The Morgan fingerprint density at radius 1 is 1.40 bits per heavy atom. The normalized spacial score (nSPS) is 16.4. The molecule has 1 N–H and O–H groups in total. The summed E-state index contributed by atoms with van der Waals surface area (Å²) in [7, 11) is 0. The lowest BCUT2D eigenvalue weighted by Crippen LogP contribution is -2.31. The third-order valence-corrected chi connectivity index (χ3v) is 3.65. The topological polar surface area (TPSA) is 79.4 Å². The van der Waals surface area contributed by atoms with E-state index in [9.17, 15) is 0 Å². The lowest BCUT2D eigenvalue weighted by molar-refractivity contribution is 0.423. The number of hydrogen-bond donors (Lipinski definition) is 1. The number of fused-ring (bicyclic) bond motifs is 3. The number of aromatic nitrogens is 3. The Labute approximate surface area is 122 Å². The third-order valence-electron chi connectivity index (χ3n) is 3.07. The smallest absolute Gasteiger partial charge is 0.230 e. The Morgan fingerprint density at radius 3 is 3.20 bits per heavy atom. The highest BCUT2D eigenvalue weighted by molar-refractivity contribution is 9.12. The first-order chi connectivity index (χ1) is 9.81. The number of anilines is 3. The summed E-state index contributed by atoms with van der Waals surface area (Å²) in [5.74, 6) is 2.83. The highest BCUT2D eigenvalue weighted by Gasteiger charge is 2.28. The molecule has 4 rings (SSSR count). The van der Waals surface area contributed by atoms with Crippen LogP contribution in [0.2, 0.25) is 0 Å². The van der Waals surface area contributed by atoms with E-state index in [0.29, 0.717) is 11.8 Å². The number of amidine groups is 1. The molecule has 0 saturated carbocycles. The summed E-state index contributed by atoms with van der Waals surface area (Å²) in [6.07, 6.45) is 5.25. The first-order valence-corrected chi connectivity index (χ1v) is 6.84. The summed E-state index contributed by atoms with van der Waals surface area (Å²) in [5.41, 5.74) is 0.962. The van der Waals surface area contributed by atoms with Gasteiger partial charge in [-0.25, -0.2) is 4.98 Å². The van der Waals surface area contributed by atoms with Crippen molar-refractivity contribution in [2.45, 2.75) is 0 Å². The van der Waals surface area contributed by atoms with Crippen LogP contribution >= 0.6 is 15.9 Å². The van der Waals surface area contributed by atoms with E-state index in [1.54, 1.807) is 12.3 Å². The van der Waals surface area contributed by atoms with Gasteiger partial charge in [0.05, 0.1) is 11.0 Å². The van der Waals surface area contributed by atoms with Gasteiger partial charge in [-0.15, -0.1) is 0 Å². The zero-order valence-electron chi connectivity index (χ0n) is 10.2. The Balaban J connectivity index is 1.74. The zero-order chi connectivity index (χ0) is 13.5. The summed E-state index contributed by atoms with van der Waals surface area (Å²) in [4.78, 5) is 15.4. The maximum absolute atomic E-state index is 4.77. The number of halogens is 1. The summed E-state index contributed by atoms with van der Waals surface area (Å²) < 4.78 is 5.73.